The Morgan fingerprint density at radius 2 is 1.95 bits per heavy atom. The van der Waals surface area contributed by atoms with Gasteiger partial charge in [0, 0.05) is 69.4 Å². The highest BCUT2D eigenvalue weighted by molar-refractivity contribution is 5.96. The van der Waals surface area contributed by atoms with Gasteiger partial charge < -0.3 is 15.1 Å². The normalized spacial score (nSPS) is 24.0. The average Bonchev–Trinajstić information content (AvgIpc) is 3.55. The first-order valence-electron chi connectivity index (χ1n) is 14.3. The number of likely N-dealkylation sites (tertiary alicyclic amines) is 2. The third kappa shape index (κ3) is 5.10. The van der Waals surface area contributed by atoms with E-state index in [1.165, 1.54) is 25.1 Å². The number of nitrogens with zero attached hydrogens (tertiary/aromatic N) is 4. The summed E-state index contributed by atoms with van der Waals surface area (Å²) in [6.07, 6.45) is 6.21. The van der Waals surface area contributed by atoms with Gasteiger partial charge in [-0.3, -0.25) is 9.69 Å². The summed E-state index contributed by atoms with van der Waals surface area (Å²) in [6.45, 7) is 6.08. The van der Waals surface area contributed by atoms with Gasteiger partial charge >= 0.3 is 0 Å². The Morgan fingerprint density at radius 1 is 1.16 bits per heavy atom. The summed E-state index contributed by atoms with van der Waals surface area (Å²) in [5.74, 6) is -0.142. The zero-order chi connectivity index (χ0) is 26.2. The molecule has 3 heterocycles. The molecule has 2 unspecified atom stereocenters. The molecule has 0 aromatic heterocycles. The summed E-state index contributed by atoms with van der Waals surface area (Å²) < 4.78 is 13.7. The number of nitrogens with one attached hydrogen (secondary N) is 1. The van der Waals surface area contributed by atoms with Gasteiger partial charge in [0.05, 0.1) is 11.6 Å². The fourth-order valence-electron chi connectivity index (χ4n) is 7.15. The van der Waals surface area contributed by atoms with Crippen molar-refractivity contribution in [1.29, 1.82) is 5.26 Å². The molecule has 3 aliphatic heterocycles. The smallest absolute Gasteiger partial charge is 0.253 e. The fourth-order valence-corrected chi connectivity index (χ4v) is 7.15. The van der Waals surface area contributed by atoms with Gasteiger partial charge in [0.25, 0.3) is 5.91 Å². The van der Waals surface area contributed by atoms with Crippen molar-refractivity contribution in [3.05, 3.63) is 70.0 Å². The molecule has 0 radical (unpaired) electrons. The second-order valence-electron chi connectivity index (χ2n) is 11.8. The van der Waals surface area contributed by atoms with Crippen LogP contribution in [0, 0.1) is 17.1 Å². The highest BCUT2D eigenvalue weighted by Gasteiger charge is 2.44. The Bertz CT molecular complexity index is 1220. The summed E-state index contributed by atoms with van der Waals surface area (Å²) >= 11 is 0. The molecule has 7 heteroatoms. The van der Waals surface area contributed by atoms with Crippen LogP contribution in [0.1, 0.15) is 64.2 Å². The molecule has 3 atom stereocenters. The average molecular weight is 516 g/mol. The molecule has 0 saturated carbocycles. The van der Waals surface area contributed by atoms with E-state index in [0.717, 1.165) is 75.0 Å². The van der Waals surface area contributed by atoms with E-state index < -0.39 is 0 Å². The Labute approximate surface area is 225 Å². The SMILES string of the molecule is CN(C[C@@H](CCN1CC(N2CC3CC2CN3)C1)c1ccc(F)cc1)C(=O)c1cc(C#N)cc2c1CCCC2. The van der Waals surface area contributed by atoms with E-state index in [-0.39, 0.29) is 17.6 Å². The van der Waals surface area contributed by atoms with E-state index in [1.807, 2.05) is 30.1 Å². The number of carbonyl (C=O) groups is 1. The number of hydrogen-bond donors (Lipinski definition) is 1. The lowest BCUT2D eigenvalue weighted by Gasteiger charge is -2.47. The van der Waals surface area contributed by atoms with E-state index in [9.17, 15) is 14.4 Å². The maximum atomic E-state index is 13.7. The first-order chi connectivity index (χ1) is 18.5. The Kier molecular flexibility index (Phi) is 7.22. The predicted octanol–water partition coefficient (Wildman–Crippen LogP) is 3.55. The number of piperazine rings is 1. The number of hydrogen-bond acceptors (Lipinski definition) is 5. The molecule has 0 spiro atoms. The van der Waals surface area contributed by atoms with Crippen molar-refractivity contribution in [3.63, 3.8) is 0 Å². The number of fused-ring (bicyclic) bond motifs is 3. The number of amides is 1. The Morgan fingerprint density at radius 3 is 2.66 bits per heavy atom. The highest BCUT2D eigenvalue weighted by Crippen LogP contribution is 2.31. The zero-order valence-electron chi connectivity index (χ0n) is 22.3. The number of carbonyl (C=O) groups excluding carboxylic acids is 1. The van der Waals surface area contributed by atoms with Gasteiger partial charge in [-0.15, -0.1) is 0 Å². The molecule has 38 heavy (non-hydrogen) atoms. The molecule has 200 valence electrons. The Hall–Kier alpha value is -2.79. The van der Waals surface area contributed by atoms with Crippen LogP contribution in [0.3, 0.4) is 0 Å². The first-order valence-corrected chi connectivity index (χ1v) is 14.3. The number of nitriles is 1. The summed E-state index contributed by atoms with van der Waals surface area (Å²) in [6, 6.07) is 14.8. The van der Waals surface area contributed by atoms with E-state index in [0.29, 0.717) is 35.8 Å². The third-order valence-corrected chi connectivity index (χ3v) is 9.31. The minimum absolute atomic E-state index is 0.0194. The number of halogens is 1. The van der Waals surface area contributed by atoms with E-state index in [2.05, 4.69) is 21.2 Å². The van der Waals surface area contributed by atoms with Gasteiger partial charge in [0.2, 0.25) is 0 Å². The van der Waals surface area contributed by atoms with Crippen LogP contribution in [0.15, 0.2) is 36.4 Å². The lowest BCUT2D eigenvalue weighted by atomic mass is 9.86. The molecule has 6 rings (SSSR count). The molecule has 1 amide bonds. The summed E-state index contributed by atoms with van der Waals surface area (Å²) in [7, 11) is 1.86. The van der Waals surface area contributed by atoms with E-state index in [1.54, 1.807) is 6.07 Å². The molecule has 1 aliphatic carbocycles. The van der Waals surface area contributed by atoms with Crippen molar-refractivity contribution in [1.82, 2.24) is 20.0 Å². The zero-order valence-corrected chi connectivity index (χ0v) is 22.3. The van der Waals surface area contributed by atoms with E-state index in [4.69, 9.17) is 0 Å². The summed E-state index contributed by atoms with van der Waals surface area (Å²) in [4.78, 5) is 20.7. The van der Waals surface area contributed by atoms with Gasteiger partial charge in [0.15, 0.2) is 0 Å². The molecular formula is C31H38FN5O. The van der Waals surface area contributed by atoms with Crippen molar-refractivity contribution < 1.29 is 9.18 Å². The third-order valence-electron chi connectivity index (χ3n) is 9.31. The van der Waals surface area contributed by atoms with Crippen molar-refractivity contribution in [3.8, 4) is 6.07 Å². The molecule has 4 aliphatic rings. The number of likely N-dealkylation sites (N-methyl/N-ethyl adjacent to an activating group) is 1. The van der Waals surface area contributed by atoms with Gasteiger partial charge in [-0.2, -0.15) is 5.26 Å². The van der Waals surface area contributed by atoms with Gasteiger partial charge in [-0.05, 0) is 86.0 Å². The Balaban J connectivity index is 1.12. The van der Waals surface area contributed by atoms with Crippen LogP contribution in [0.5, 0.6) is 0 Å². The molecule has 1 N–H and O–H groups in total. The largest absolute Gasteiger partial charge is 0.341 e. The molecular weight excluding hydrogens is 477 g/mol. The van der Waals surface area contributed by atoms with Crippen molar-refractivity contribution >= 4 is 5.91 Å². The molecule has 2 bridgehead atoms. The van der Waals surface area contributed by atoms with Crippen LogP contribution in [0.4, 0.5) is 4.39 Å². The second kappa shape index (κ2) is 10.8. The number of aryl methyl sites for hydroxylation is 1. The second-order valence-corrected chi connectivity index (χ2v) is 11.8. The topological polar surface area (TPSA) is 62.6 Å². The van der Waals surface area contributed by atoms with E-state index >= 15 is 0 Å². The predicted molar refractivity (Wildman–Crippen MR) is 146 cm³/mol. The lowest BCUT2D eigenvalue weighted by molar-refractivity contribution is 0.0182. The van der Waals surface area contributed by atoms with Gasteiger partial charge in [-0.1, -0.05) is 12.1 Å². The maximum Gasteiger partial charge on any atom is 0.253 e. The number of rotatable bonds is 8. The lowest BCUT2D eigenvalue weighted by Crippen LogP contribution is -2.63. The van der Waals surface area contributed by atoms with Crippen LogP contribution < -0.4 is 5.32 Å². The molecule has 6 nitrogen and oxygen atoms in total. The molecule has 2 aromatic rings. The minimum atomic E-state index is -0.239. The van der Waals surface area contributed by atoms with Crippen LogP contribution in [-0.2, 0) is 12.8 Å². The van der Waals surface area contributed by atoms with Crippen LogP contribution in [0.25, 0.3) is 0 Å². The van der Waals surface area contributed by atoms with Crippen molar-refractivity contribution in [2.45, 2.75) is 62.6 Å². The van der Waals surface area contributed by atoms with Crippen LogP contribution >= 0.6 is 0 Å². The first kappa shape index (κ1) is 25.5. The van der Waals surface area contributed by atoms with Crippen LogP contribution in [0.2, 0.25) is 0 Å². The van der Waals surface area contributed by atoms with Gasteiger partial charge in [0.1, 0.15) is 5.82 Å². The minimum Gasteiger partial charge on any atom is -0.341 e. The quantitative estimate of drug-likeness (QED) is 0.583. The molecule has 3 saturated heterocycles. The van der Waals surface area contributed by atoms with Crippen molar-refractivity contribution in [2.75, 3.05) is 46.3 Å². The molecule has 3 fully saturated rings. The van der Waals surface area contributed by atoms with Crippen LogP contribution in [-0.4, -0.2) is 85.0 Å². The monoisotopic (exact) mass is 515 g/mol. The highest BCUT2D eigenvalue weighted by atomic mass is 19.1. The summed E-state index contributed by atoms with van der Waals surface area (Å²) in [5.41, 5.74) is 4.57. The van der Waals surface area contributed by atoms with Gasteiger partial charge in [-0.25, -0.2) is 4.39 Å². The number of benzene rings is 2. The summed E-state index contributed by atoms with van der Waals surface area (Å²) in [5, 5.41) is 13.1. The molecule has 2 aromatic carbocycles. The fraction of sp³-hybridized carbons (Fsp3) is 0.548. The standard InChI is InChI=1S/C31H38FN5O/c1-35(31(38)30-13-21(15-33)12-23-4-2-3-5-29(23)30)17-24(22-6-8-25(32)9-7-22)10-11-36-19-28(20-36)37-18-26-14-27(37)16-34-26/h6-9,12-13,24,26-28,34H,2-5,10-11,14,16-20H2,1H3/t24-,26?,27?/m1/s1. The maximum absolute atomic E-state index is 13.7. The van der Waals surface area contributed by atoms with Crippen molar-refractivity contribution in [2.24, 2.45) is 0 Å².